The molecule has 0 saturated carbocycles. The van der Waals surface area contributed by atoms with E-state index in [2.05, 4.69) is 19.9 Å². The summed E-state index contributed by atoms with van der Waals surface area (Å²) < 4.78 is 0. The van der Waals surface area contributed by atoms with Crippen LogP contribution in [0.15, 0.2) is 195 Å². The van der Waals surface area contributed by atoms with Crippen LogP contribution in [0, 0.1) is 45.3 Å². The number of nitrogens with zero attached hydrogens (tertiary/aromatic N) is 8. The van der Waals surface area contributed by atoms with Gasteiger partial charge < -0.3 is 62.5 Å². The van der Waals surface area contributed by atoms with Crippen molar-refractivity contribution in [3.63, 3.8) is 0 Å². The molecule has 0 aliphatic heterocycles. The molecule has 8 rings (SSSR count). The Morgan fingerprint density at radius 3 is 0.568 bits per heavy atom. The molecule has 0 fully saturated rings. The third-order valence-electron chi connectivity index (χ3n) is 7.74. The summed E-state index contributed by atoms with van der Waals surface area (Å²) in [6.45, 7) is 0. The predicted molar refractivity (Wildman–Crippen MR) is 257 cm³/mol. The molecule has 8 N–H and O–H groups in total. The maximum absolute atomic E-state index is 10.2. The molecule has 20 nitrogen and oxygen atoms in total. The summed E-state index contributed by atoms with van der Waals surface area (Å²) in [5, 5.41) is 74.2. The van der Waals surface area contributed by atoms with E-state index < -0.39 is 23.9 Å². The van der Waals surface area contributed by atoms with Gasteiger partial charge in [0.2, 0.25) is 0 Å². The van der Waals surface area contributed by atoms with E-state index in [-0.39, 0.29) is 56.4 Å². The average molecular weight is 1090 g/mol. The first kappa shape index (κ1) is 65.6. The number of nitrogens with two attached hydrogens (primary N) is 4. The minimum absolute atomic E-state index is 0. The van der Waals surface area contributed by atoms with Crippen LogP contribution < -0.4 is 43.4 Å². The van der Waals surface area contributed by atoms with Gasteiger partial charge in [0.05, 0.1) is 93.2 Å². The minimum Gasteiger partial charge on any atom is -0.545 e. The second-order valence-corrected chi connectivity index (χ2v) is 13.1. The van der Waals surface area contributed by atoms with Gasteiger partial charge >= 0.3 is 34.1 Å². The van der Waals surface area contributed by atoms with Crippen LogP contribution in [0.5, 0.6) is 0 Å². The van der Waals surface area contributed by atoms with E-state index in [1.54, 1.807) is 98.1 Å². The molecular weight excluding hydrogens is 1050 g/mol. The maximum atomic E-state index is 10.2. The maximum Gasteiger partial charge on any atom is 2.00 e. The van der Waals surface area contributed by atoms with Crippen LogP contribution in [0.4, 0.5) is 22.7 Å². The molecule has 4 heterocycles. The average Bonchev–Trinajstić information content (AvgIpc) is 3.41. The third kappa shape index (κ3) is 30.8. The summed E-state index contributed by atoms with van der Waals surface area (Å²) in [4.78, 5) is 55.9. The van der Waals surface area contributed by atoms with Crippen molar-refractivity contribution in [1.82, 2.24) is 19.9 Å². The van der Waals surface area contributed by atoms with Crippen LogP contribution in [-0.2, 0) is 34.1 Å². The van der Waals surface area contributed by atoms with Crippen LogP contribution in [0.1, 0.15) is 63.7 Å². The van der Waals surface area contributed by atoms with Gasteiger partial charge in [-0.2, -0.15) is 21.0 Å². The van der Waals surface area contributed by atoms with Gasteiger partial charge in [-0.05, 0) is 119 Å². The first-order valence-corrected chi connectivity index (χ1v) is 20.0. The predicted octanol–water partition coefficient (Wildman–Crippen LogP) is 2.34. The van der Waals surface area contributed by atoms with Crippen molar-refractivity contribution in [2.45, 2.75) is 0 Å². The summed E-state index contributed by atoms with van der Waals surface area (Å²) in [6.07, 6.45) is 13.2. The Labute approximate surface area is 446 Å². The van der Waals surface area contributed by atoms with Crippen LogP contribution in [0.25, 0.3) is 0 Å². The molecule has 0 aliphatic carbocycles. The summed E-state index contributed by atoms with van der Waals surface area (Å²) in [7, 11) is 0. The van der Waals surface area contributed by atoms with Crippen molar-refractivity contribution < 1.29 is 73.7 Å². The summed E-state index contributed by atoms with van der Waals surface area (Å²) in [5.41, 5.74) is 26.1. The van der Waals surface area contributed by atoms with Gasteiger partial charge in [0.15, 0.2) is 0 Å². The monoisotopic (exact) mass is 1090 g/mol. The van der Waals surface area contributed by atoms with Crippen molar-refractivity contribution in [2.75, 3.05) is 22.9 Å². The van der Waals surface area contributed by atoms with Gasteiger partial charge in [-0.1, -0.05) is 48.5 Å². The van der Waals surface area contributed by atoms with E-state index in [1.807, 2.05) is 24.3 Å². The zero-order valence-corrected chi connectivity index (χ0v) is 40.1. The number of pyridine rings is 4. The van der Waals surface area contributed by atoms with E-state index >= 15 is 0 Å². The first-order valence-electron chi connectivity index (χ1n) is 20.0. The van der Waals surface area contributed by atoms with Crippen LogP contribution in [-0.4, -0.2) is 43.8 Å². The second kappa shape index (κ2) is 39.4. The molecule has 2 radical (unpaired) electrons. The van der Waals surface area contributed by atoms with Crippen molar-refractivity contribution in [1.29, 1.82) is 21.0 Å². The number of benzene rings is 4. The van der Waals surface area contributed by atoms with E-state index in [1.165, 1.54) is 97.1 Å². The first-order chi connectivity index (χ1) is 34.5. The molecule has 74 heavy (non-hydrogen) atoms. The molecule has 22 heteroatoms. The molecule has 0 spiro atoms. The Hall–Kier alpha value is -10.4. The number of hydrogen-bond donors (Lipinski definition) is 4. The van der Waals surface area contributed by atoms with Gasteiger partial charge in [-0.25, -0.2) is 0 Å². The third-order valence-corrected chi connectivity index (χ3v) is 7.74. The molecular formula is C52H40Cu2N12O8. The summed E-state index contributed by atoms with van der Waals surface area (Å²) in [6, 6.07) is 44.1. The van der Waals surface area contributed by atoms with Gasteiger partial charge in [0.25, 0.3) is 0 Å². The Bertz CT molecular complexity index is 2610. The zero-order chi connectivity index (χ0) is 53.5. The van der Waals surface area contributed by atoms with Gasteiger partial charge in [0, 0.05) is 49.6 Å². The Morgan fingerprint density at radius 1 is 0.324 bits per heavy atom. The fourth-order valence-electron chi connectivity index (χ4n) is 4.23. The number of anilines is 4. The van der Waals surface area contributed by atoms with Gasteiger partial charge in [0.1, 0.15) is 0 Å². The molecule has 8 aromatic rings. The normalized spacial score (nSPS) is 8.38. The van der Waals surface area contributed by atoms with Crippen molar-refractivity contribution in [3.05, 3.63) is 240 Å². The minimum atomic E-state index is -1.23. The number of aromatic nitrogens is 4. The molecule has 0 atom stereocenters. The number of hydrogen-bond acceptors (Lipinski definition) is 20. The largest absolute Gasteiger partial charge is 2.00 e. The molecule has 0 amide bonds. The van der Waals surface area contributed by atoms with Crippen LogP contribution >= 0.6 is 0 Å². The number of carboxylic acids is 4. The Balaban J connectivity index is 0. The number of nitriles is 4. The number of carboxylic acid groups (broad SMARTS) is 4. The topological polar surface area (TPSA) is 411 Å². The van der Waals surface area contributed by atoms with Gasteiger partial charge in [-0.15, -0.1) is 0 Å². The summed E-state index contributed by atoms with van der Waals surface area (Å²) in [5.74, 6) is -4.91. The zero-order valence-electron chi connectivity index (χ0n) is 38.2. The van der Waals surface area contributed by atoms with E-state index in [0.29, 0.717) is 45.0 Å². The quantitative estimate of drug-likeness (QED) is 0.184. The smallest absolute Gasteiger partial charge is 0.545 e. The fraction of sp³-hybridized carbons (Fsp3) is 0. The van der Waals surface area contributed by atoms with E-state index in [0.717, 1.165) is 0 Å². The molecule has 378 valence electrons. The van der Waals surface area contributed by atoms with Crippen molar-refractivity contribution in [2.24, 2.45) is 0 Å². The van der Waals surface area contributed by atoms with Crippen LogP contribution in [0.3, 0.4) is 0 Å². The molecule has 0 unspecified atom stereocenters. The molecule has 0 aliphatic rings. The molecule has 0 bridgehead atoms. The fourth-order valence-corrected chi connectivity index (χ4v) is 4.23. The van der Waals surface area contributed by atoms with Gasteiger partial charge in [-0.3, -0.25) is 19.9 Å². The Kier molecular flexibility index (Phi) is 35.0. The van der Waals surface area contributed by atoms with Crippen LogP contribution in [0.2, 0.25) is 0 Å². The van der Waals surface area contributed by atoms with Crippen molar-refractivity contribution >= 4 is 46.6 Å². The molecule has 0 saturated heterocycles. The number of carbonyl (C=O) groups excluding carboxylic acids is 4. The number of carbonyl (C=O) groups is 4. The SMILES string of the molecule is N#Cc1ccc(C(=O)[O-])cc1.N#Cc1ccc(C(=O)[O-])cc1.N#Cc1ccc(C(=O)[O-])cc1.N#Cc1ccc(C(=O)[O-])cc1.Nc1cccnc1.Nc1cccnc1.Nc1cccnc1.Nc1cccnc1.[Cu+2].[Cu+2]. The van der Waals surface area contributed by atoms with Crippen molar-refractivity contribution in [3.8, 4) is 24.3 Å². The number of rotatable bonds is 4. The standard InChI is InChI=1S/4C8H5NO2.4C5H6N2.2Cu/c4*9-5-6-1-3-7(4-2-6)8(10)11;4*6-5-2-1-3-7-4-5;;/h4*1-4H,(H,10,11);4*1-4H,6H2;;/q;;;;;;;;2*+2/p-4. The van der Waals surface area contributed by atoms with E-state index in [4.69, 9.17) is 44.0 Å². The van der Waals surface area contributed by atoms with E-state index in [9.17, 15) is 39.6 Å². The molecule has 4 aromatic heterocycles. The molecule has 4 aromatic carbocycles. The second-order valence-electron chi connectivity index (χ2n) is 13.1. The number of nitrogen functional groups attached to an aromatic ring is 4. The summed E-state index contributed by atoms with van der Waals surface area (Å²) >= 11 is 0. The number of aromatic carboxylic acids is 4. The Morgan fingerprint density at radius 2 is 0.486 bits per heavy atom.